The summed E-state index contributed by atoms with van der Waals surface area (Å²) in [5, 5.41) is 0. The number of thiazole rings is 1. The van der Waals surface area contributed by atoms with Crippen LogP contribution in [0.2, 0.25) is 0 Å². The highest BCUT2D eigenvalue weighted by molar-refractivity contribution is 7.09. The van der Waals surface area contributed by atoms with Gasteiger partial charge in [0.15, 0.2) is 0 Å². The number of rotatable bonds is 4. The summed E-state index contributed by atoms with van der Waals surface area (Å²) >= 11 is 1.64. The van der Waals surface area contributed by atoms with E-state index in [0.29, 0.717) is 18.3 Å². The maximum absolute atomic E-state index is 5.49. The zero-order chi connectivity index (χ0) is 11.4. The second-order valence-electron chi connectivity index (χ2n) is 3.24. The molecule has 2 N–H and O–H groups in total. The van der Waals surface area contributed by atoms with Gasteiger partial charge in [-0.05, 0) is 6.92 Å². The van der Waals surface area contributed by atoms with E-state index in [-0.39, 0.29) is 0 Å². The van der Waals surface area contributed by atoms with Crippen molar-refractivity contribution in [1.29, 1.82) is 0 Å². The highest BCUT2D eigenvalue weighted by Gasteiger charge is 2.02. The first kappa shape index (κ1) is 10.8. The van der Waals surface area contributed by atoms with Gasteiger partial charge in [-0.15, -0.1) is 11.3 Å². The summed E-state index contributed by atoms with van der Waals surface area (Å²) in [5.74, 6) is 0.827. The molecule has 0 atom stereocenters. The fraction of sp³-hybridized carbons (Fsp3) is 0.300. The normalized spacial score (nSPS) is 10.3. The van der Waals surface area contributed by atoms with Gasteiger partial charge in [0, 0.05) is 11.3 Å². The van der Waals surface area contributed by atoms with Crippen molar-refractivity contribution in [3.05, 3.63) is 28.5 Å². The van der Waals surface area contributed by atoms with Crippen molar-refractivity contribution in [3.8, 4) is 5.88 Å². The maximum atomic E-state index is 5.49. The highest BCUT2D eigenvalue weighted by Crippen LogP contribution is 2.13. The van der Waals surface area contributed by atoms with E-state index in [2.05, 4.69) is 15.0 Å². The molecule has 5 nitrogen and oxygen atoms in total. The summed E-state index contributed by atoms with van der Waals surface area (Å²) in [5.41, 5.74) is 8.39. The van der Waals surface area contributed by atoms with Crippen molar-refractivity contribution >= 4 is 17.2 Å². The van der Waals surface area contributed by atoms with E-state index < -0.39 is 0 Å². The van der Waals surface area contributed by atoms with E-state index in [1.807, 2.05) is 12.4 Å². The van der Waals surface area contributed by atoms with E-state index in [1.54, 1.807) is 17.5 Å². The largest absolute Gasteiger partial charge is 0.476 e. The second kappa shape index (κ2) is 4.89. The molecule has 0 fully saturated rings. The number of hydrogen-bond donors (Lipinski definition) is 1. The summed E-state index contributed by atoms with van der Waals surface area (Å²) in [6, 6.07) is 0. The molecule has 0 saturated heterocycles. The van der Waals surface area contributed by atoms with E-state index in [9.17, 15) is 0 Å². The zero-order valence-electron chi connectivity index (χ0n) is 8.88. The lowest BCUT2D eigenvalue weighted by Crippen LogP contribution is -2.04. The Morgan fingerprint density at radius 1 is 1.44 bits per heavy atom. The lowest BCUT2D eigenvalue weighted by molar-refractivity contribution is 0.309. The van der Waals surface area contributed by atoms with Gasteiger partial charge in [-0.1, -0.05) is 0 Å². The van der Waals surface area contributed by atoms with Crippen molar-refractivity contribution < 1.29 is 4.74 Å². The van der Waals surface area contributed by atoms with Crippen LogP contribution in [0.3, 0.4) is 0 Å². The minimum absolute atomic E-state index is 0.367. The van der Waals surface area contributed by atoms with Gasteiger partial charge in [0.05, 0.1) is 30.2 Å². The Balaban J connectivity index is 1.87. The lowest BCUT2D eigenvalue weighted by atomic mass is 10.3. The second-order valence-corrected chi connectivity index (χ2v) is 4.18. The third-order valence-electron chi connectivity index (χ3n) is 2.06. The van der Waals surface area contributed by atoms with Crippen molar-refractivity contribution in [1.82, 2.24) is 15.0 Å². The number of hydrogen-bond acceptors (Lipinski definition) is 6. The quantitative estimate of drug-likeness (QED) is 0.869. The number of nitrogen functional groups attached to an aromatic ring is 1. The summed E-state index contributed by atoms with van der Waals surface area (Å²) in [6.45, 7) is 2.55. The molecule has 0 aromatic carbocycles. The van der Waals surface area contributed by atoms with Crippen LogP contribution in [-0.4, -0.2) is 21.6 Å². The summed E-state index contributed by atoms with van der Waals surface area (Å²) < 4.78 is 5.44. The van der Waals surface area contributed by atoms with E-state index in [1.165, 1.54) is 11.1 Å². The molecule has 84 valence electrons. The van der Waals surface area contributed by atoms with E-state index >= 15 is 0 Å². The minimum Gasteiger partial charge on any atom is -0.476 e. The molecule has 0 bridgehead atoms. The maximum Gasteiger partial charge on any atom is 0.234 e. The Hall–Kier alpha value is -1.69. The Morgan fingerprint density at radius 2 is 2.31 bits per heavy atom. The Labute approximate surface area is 97.3 Å². The van der Waals surface area contributed by atoms with Gasteiger partial charge in [-0.2, -0.15) is 4.98 Å². The molecule has 2 aromatic rings. The molecular formula is C10H12N4OS. The number of aromatic nitrogens is 3. The predicted octanol–water partition coefficient (Wildman–Crippen LogP) is 1.45. The Bertz CT molecular complexity index is 471. The average Bonchev–Trinajstić information content (AvgIpc) is 2.65. The van der Waals surface area contributed by atoms with Gasteiger partial charge in [0.2, 0.25) is 5.88 Å². The fourth-order valence-corrected chi connectivity index (χ4v) is 2.01. The predicted molar refractivity (Wildman–Crippen MR) is 62.5 cm³/mol. The first-order valence-corrected chi connectivity index (χ1v) is 5.73. The van der Waals surface area contributed by atoms with Crippen LogP contribution >= 0.6 is 11.3 Å². The Kier molecular flexibility index (Phi) is 3.31. The van der Waals surface area contributed by atoms with Crippen molar-refractivity contribution in [2.75, 3.05) is 12.3 Å². The third-order valence-corrected chi connectivity index (χ3v) is 3.05. The van der Waals surface area contributed by atoms with Crippen LogP contribution in [0.1, 0.15) is 10.6 Å². The minimum atomic E-state index is 0.367. The zero-order valence-corrected chi connectivity index (χ0v) is 9.70. The molecule has 0 radical (unpaired) electrons. The van der Waals surface area contributed by atoms with Gasteiger partial charge in [0.25, 0.3) is 0 Å². The molecule has 0 amide bonds. The summed E-state index contributed by atoms with van der Waals surface area (Å²) in [7, 11) is 0. The van der Waals surface area contributed by atoms with Crippen molar-refractivity contribution in [2.24, 2.45) is 0 Å². The van der Waals surface area contributed by atoms with Crippen LogP contribution in [-0.2, 0) is 6.42 Å². The van der Waals surface area contributed by atoms with E-state index in [0.717, 1.165) is 12.1 Å². The number of anilines is 1. The molecule has 0 saturated carbocycles. The monoisotopic (exact) mass is 236 g/mol. The number of aryl methyl sites for hydroxylation is 1. The third kappa shape index (κ3) is 2.66. The molecule has 2 heterocycles. The topological polar surface area (TPSA) is 73.9 Å². The number of nitrogens with two attached hydrogens (primary N) is 1. The number of ether oxygens (including phenoxy) is 1. The van der Waals surface area contributed by atoms with Crippen molar-refractivity contribution in [3.63, 3.8) is 0 Å². The van der Waals surface area contributed by atoms with Crippen LogP contribution in [0.5, 0.6) is 5.88 Å². The van der Waals surface area contributed by atoms with Gasteiger partial charge < -0.3 is 10.5 Å². The van der Waals surface area contributed by atoms with Crippen LogP contribution < -0.4 is 10.5 Å². The molecular weight excluding hydrogens is 224 g/mol. The van der Waals surface area contributed by atoms with Gasteiger partial charge in [0.1, 0.15) is 5.82 Å². The first-order chi connectivity index (χ1) is 7.75. The van der Waals surface area contributed by atoms with Crippen LogP contribution in [0.25, 0.3) is 0 Å². The van der Waals surface area contributed by atoms with Crippen LogP contribution in [0.4, 0.5) is 5.82 Å². The summed E-state index contributed by atoms with van der Waals surface area (Å²) in [6.07, 6.45) is 3.86. The molecule has 2 aromatic heterocycles. The standard InChI is InChI=1S/C10H12N4OS/c1-7-8(16-6-13-7)2-3-15-10-5-12-4-9(11)14-10/h4-6H,2-3H2,1H3,(H2,11,14). The van der Waals surface area contributed by atoms with Crippen molar-refractivity contribution in [2.45, 2.75) is 13.3 Å². The molecule has 0 spiro atoms. The van der Waals surface area contributed by atoms with Crippen LogP contribution in [0, 0.1) is 6.92 Å². The number of nitrogens with zero attached hydrogens (tertiary/aromatic N) is 3. The Morgan fingerprint density at radius 3 is 3.00 bits per heavy atom. The van der Waals surface area contributed by atoms with Gasteiger partial charge in [-0.3, -0.25) is 4.98 Å². The van der Waals surface area contributed by atoms with Gasteiger partial charge in [-0.25, -0.2) is 4.98 Å². The SMILES string of the molecule is Cc1ncsc1CCOc1cncc(N)n1. The highest BCUT2D eigenvalue weighted by atomic mass is 32.1. The molecule has 0 aliphatic carbocycles. The average molecular weight is 236 g/mol. The molecule has 2 rings (SSSR count). The molecule has 0 unspecified atom stereocenters. The molecule has 0 aliphatic rings. The smallest absolute Gasteiger partial charge is 0.234 e. The molecule has 0 aliphatic heterocycles. The first-order valence-electron chi connectivity index (χ1n) is 4.85. The molecule has 6 heteroatoms. The summed E-state index contributed by atoms with van der Waals surface area (Å²) in [4.78, 5) is 13.3. The fourth-order valence-electron chi connectivity index (χ4n) is 1.25. The lowest BCUT2D eigenvalue weighted by Gasteiger charge is -2.04. The van der Waals surface area contributed by atoms with Crippen LogP contribution in [0.15, 0.2) is 17.9 Å². The van der Waals surface area contributed by atoms with E-state index in [4.69, 9.17) is 10.5 Å². The van der Waals surface area contributed by atoms with Gasteiger partial charge >= 0.3 is 0 Å². The molecule has 16 heavy (non-hydrogen) atoms.